The van der Waals surface area contributed by atoms with Gasteiger partial charge in [0.1, 0.15) is 11.6 Å². The van der Waals surface area contributed by atoms with Gasteiger partial charge in [-0.1, -0.05) is 5.92 Å². The molecule has 1 aliphatic heterocycles. The van der Waals surface area contributed by atoms with Gasteiger partial charge in [-0.3, -0.25) is 4.98 Å². The van der Waals surface area contributed by atoms with Crippen molar-refractivity contribution in [3.8, 4) is 18.4 Å². The predicted molar refractivity (Wildman–Crippen MR) is 109 cm³/mol. The van der Waals surface area contributed by atoms with Crippen molar-refractivity contribution in [1.29, 1.82) is 5.26 Å². The summed E-state index contributed by atoms with van der Waals surface area (Å²) in [5.41, 5.74) is 2.99. The van der Waals surface area contributed by atoms with Crippen molar-refractivity contribution in [2.75, 3.05) is 5.32 Å². The third-order valence-electron chi connectivity index (χ3n) is 5.00. The molecule has 2 unspecified atom stereocenters. The summed E-state index contributed by atoms with van der Waals surface area (Å²) in [5.74, 6) is 0.190. The Morgan fingerprint density at radius 3 is 2.62 bits per heavy atom. The fourth-order valence-electron chi connectivity index (χ4n) is 3.42. The molecule has 172 valence electrons. The van der Waals surface area contributed by atoms with Crippen LogP contribution in [0.3, 0.4) is 0 Å². The number of anilines is 2. The van der Waals surface area contributed by atoms with Crippen molar-refractivity contribution in [2.45, 2.75) is 24.2 Å². The molecule has 0 saturated heterocycles. The first-order chi connectivity index (χ1) is 16.1. The van der Waals surface area contributed by atoms with Gasteiger partial charge in [0, 0.05) is 23.6 Å². The number of alkyl halides is 3. The second-order valence-corrected chi connectivity index (χ2v) is 7.18. The number of pyridine rings is 3. The van der Waals surface area contributed by atoms with Gasteiger partial charge in [-0.15, -0.1) is 6.42 Å². The van der Waals surface area contributed by atoms with E-state index in [4.69, 9.17) is 17.4 Å². The highest BCUT2D eigenvalue weighted by atomic mass is 19.4. The number of aromatic nitrogens is 3. The highest BCUT2D eigenvalue weighted by Gasteiger charge is 2.51. The number of rotatable bonds is 3. The van der Waals surface area contributed by atoms with E-state index < -0.39 is 47.6 Å². The summed E-state index contributed by atoms with van der Waals surface area (Å²) < 4.78 is 73.4. The summed E-state index contributed by atoms with van der Waals surface area (Å²) in [4.78, 5) is 15.3. The van der Waals surface area contributed by atoms with Crippen LogP contribution >= 0.6 is 0 Å². The van der Waals surface area contributed by atoms with Gasteiger partial charge in [0.15, 0.2) is 17.2 Å². The molecule has 0 radical (unpaired) electrons. The van der Waals surface area contributed by atoms with E-state index in [0.29, 0.717) is 0 Å². The van der Waals surface area contributed by atoms with Crippen molar-refractivity contribution < 1.29 is 26.7 Å². The van der Waals surface area contributed by atoms with Gasteiger partial charge in [0.05, 0.1) is 23.6 Å². The van der Waals surface area contributed by atoms with E-state index in [9.17, 15) is 22.0 Å². The highest BCUT2D eigenvalue weighted by molar-refractivity contribution is 5.90. The number of nitrogens with one attached hydrogen (secondary N) is 1. The minimum absolute atomic E-state index is 0.0122. The lowest BCUT2D eigenvalue weighted by Crippen LogP contribution is -2.46. The van der Waals surface area contributed by atoms with E-state index in [0.717, 1.165) is 18.5 Å². The molecule has 0 bridgehead atoms. The topological polar surface area (TPSA) is 122 Å². The van der Waals surface area contributed by atoms with Crippen LogP contribution in [-0.4, -0.2) is 33.3 Å². The first kappa shape index (κ1) is 22.7. The Morgan fingerprint density at radius 1 is 1.18 bits per heavy atom. The Labute approximate surface area is 188 Å². The number of aliphatic imine (C=N–C) groups is 1. The smallest absolute Gasteiger partial charge is 0.425 e. The van der Waals surface area contributed by atoms with Crippen LogP contribution in [0.1, 0.15) is 17.5 Å². The van der Waals surface area contributed by atoms with E-state index in [-0.39, 0.29) is 28.0 Å². The number of hydrogen-bond acceptors (Lipinski definition) is 8. The molecule has 0 fully saturated rings. The lowest BCUT2D eigenvalue weighted by Gasteiger charge is -2.34. The largest absolute Gasteiger partial charge is 0.452 e. The number of amidine groups is 1. The number of nitrogens with zero attached hydrogens (tertiary/aromatic N) is 5. The Bertz CT molecular complexity index is 1410. The van der Waals surface area contributed by atoms with Crippen molar-refractivity contribution in [2.24, 2.45) is 10.7 Å². The number of nitrogens with two attached hydrogens (primary N) is 1. The van der Waals surface area contributed by atoms with Crippen LogP contribution in [0.4, 0.5) is 33.5 Å². The molecule has 3 aromatic rings. The van der Waals surface area contributed by atoms with Crippen LogP contribution in [0, 0.1) is 35.4 Å². The molecule has 34 heavy (non-hydrogen) atoms. The first-order valence-electron chi connectivity index (χ1n) is 9.40. The van der Waals surface area contributed by atoms with Gasteiger partial charge in [-0.2, -0.15) is 22.8 Å². The molecule has 3 aromatic heterocycles. The van der Waals surface area contributed by atoms with Crippen LogP contribution in [-0.2, 0) is 10.3 Å². The van der Waals surface area contributed by atoms with Gasteiger partial charge >= 0.3 is 6.18 Å². The van der Waals surface area contributed by atoms with E-state index in [1.807, 2.05) is 6.07 Å². The number of terminal acetylenes is 1. The monoisotopic (exact) mass is 473 g/mol. The van der Waals surface area contributed by atoms with Crippen LogP contribution in [0.2, 0.25) is 0 Å². The maximum atomic E-state index is 14.7. The minimum atomic E-state index is -4.84. The maximum absolute atomic E-state index is 14.7. The van der Waals surface area contributed by atoms with E-state index in [1.165, 1.54) is 12.3 Å². The van der Waals surface area contributed by atoms with Gasteiger partial charge in [-0.25, -0.2) is 19.4 Å². The number of hydrogen-bond donors (Lipinski definition) is 2. The summed E-state index contributed by atoms with van der Waals surface area (Å²) in [6.45, 7) is 0. The molecule has 0 amide bonds. The third-order valence-corrected chi connectivity index (χ3v) is 5.00. The summed E-state index contributed by atoms with van der Waals surface area (Å²) in [6.07, 6.45) is 0.398. The zero-order valence-electron chi connectivity index (χ0n) is 16.9. The Morgan fingerprint density at radius 2 is 1.94 bits per heavy atom. The predicted octanol–water partition coefficient (Wildman–Crippen LogP) is 3.41. The van der Waals surface area contributed by atoms with Crippen LogP contribution in [0.5, 0.6) is 0 Å². The number of ether oxygens (including phenoxy) is 1. The molecule has 8 nitrogen and oxygen atoms in total. The zero-order chi connectivity index (χ0) is 24.7. The molecular weight excluding hydrogens is 461 g/mol. The summed E-state index contributed by atoms with van der Waals surface area (Å²) in [5, 5.41) is 11.8. The van der Waals surface area contributed by atoms with Crippen LogP contribution in [0.25, 0.3) is 10.9 Å². The standard InChI is InChI=1S/C21H12F5N7O/c1-2-20(5-15(21(24,25)26)34-19(28)33-20)13-4-11(8-30-17(13)23)32-18-16-12(14(22)9-31-18)3-10(6-27)7-29-16/h1,3-4,7-9,15H,5H2,(H2,28,33)(H,31,32). The lowest BCUT2D eigenvalue weighted by atomic mass is 9.85. The summed E-state index contributed by atoms with van der Waals surface area (Å²) >= 11 is 0. The van der Waals surface area contributed by atoms with Crippen molar-refractivity contribution in [3.63, 3.8) is 0 Å². The molecule has 4 heterocycles. The normalized spacial score (nSPS) is 20.1. The van der Waals surface area contributed by atoms with Gasteiger partial charge < -0.3 is 15.8 Å². The van der Waals surface area contributed by atoms with Gasteiger partial charge in [-0.05, 0) is 12.1 Å². The van der Waals surface area contributed by atoms with Crippen LogP contribution < -0.4 is 11.1 Å². The fraction of sp³-hybridized carbons (Fsp3) is 0.190. The van der Waals surface area contributed by atoms with Gasteiger partial charge in [0.2, 0.25) is 12.1 Å². The molecule has 4 rings (SSSR count). The zero-order valence-corrected chi connectivity index (χ0v) is 16.9. The SMILES string of the molecule is C#CC1(c2cc(Nc3ncc(F)c4cc(C#N)cnc34)cnc2F)CC(C(F)(F)F)OC(N)=N1. The van der Waals surface area contributed by atoms with E-state index in [2.05, 4.69) is 35.9 Å². The lowest BCUT2D eigenvalue weighted by molar-refractivity contribution is -0.206. The molecule has 0 aromatic carbocycles. The minimum Gasteiger partial charge on any atom is -0.452 e. The summed E-state index contributed by atoms with van der Waals surface area (Å²) in [7, 11) is 0. The number of halogens is 5. The van der Waals surface area contributed by atoms with Crippen LogP contribution in [0.15, 0.2) is 35.7 Å². The second kappa shape index (κ2) is 8.12. The average Bonchev–Trinajstić information content (AvgIpc) is 2.80. The van der Waals surface area contributed by atoms with E-state index in [1.54, 1.807) is 0 Å². The Balaban J connectivity index is 1.78. The quantitative estimate of drug-likeness (QED) is 0.340. The number of fused-ring (bicyclic) bond motifs is 1. The molecular formula is C21H12F5N7O. The molecule has 13 heteroatoms. The second-order valence-electron chi connectivity index (χ2n) is 7.18. The number of nitriles is 1. The Hall–Kier alpha value is -4.52. The third kappa shape index (κ3) is 3.99. The van der Waals surface area contributed by atoms with E-state index >= 15 is 0 Å². The first-order valence-corrected chi connectivity index (χ1v) is 9.40. The maximum Gasteiger partial charge on any atom is 0.425 e. The average molecular weight is 473 g/mol. The Kier molecular flexibility index (Phi) is 5.41. The molecule has 2 atom stereocenters. The highest BCUT2D eigenvalue weighted by Crippen LogP contribution is 2.41. The fourth-order valence-corrected chi connectivity index (χ4v) is 3.42. The molecule has 0 saturated carbocycles. The molecule has 1 aliphatic rings. The molecule has 3 N–H and O–H groups in total. The van der Waals surface area contributed by atoms with Crippen molar-refractivity contribution >= 4 is 28.4 Å². The van der Waals surface area contributed by atoms with Crippen molar-refractivity contribution in [1.82, 2.24) is 15.0 Å². The van der Waals surface area contributed by atoms with Gasteiger partial charge in [0.25, 0.3) is 6.02 Å². The van der Waals surface area contributed by atoms with Crippen molar-refractivity contribution in [3.05, 3.63) is 53.6 Å². The summed E-state index contributed by atoms with van der Waals surface area (Å²) in [6, 6.07) is 3.35. The molecule has 0 spiro atoms. The molecule has 0 aliphatic carbocycles.